The summed E-state index contributed by atoms with van der Waals surface area (Å²) in [5.74, 6) is -2.19. The summed E-state index contributed by atoms with van der Waals surface area (Å²) in [6.07, 6.45) is -4.01. The molecule has 138 valence electrons. The molecule has 0 aliphatic heterocycles. The minimum absolute atomic E-state index is 0.00121. The van der Waals surface area contributed by atoms with Crippen LogP contribution >= 0.6 is 23.2 Å². The first kappa shape index (κ1) is 19.0. The van der Waals surface area contributed by atoms with Crippen LogP contribution in [0.1, 0.15) is 24.0 Å². The van der Waals surface area contributed by atoms with Crippen molar-refractivity contribution in [2.45, 2.75) is 24.6 Å². The summed E-state index contributed by atoms with van der Waals surface area (Å²) in [4.78, 5) is 2.64. The van der Waals surface area contributed by atoms with E-state index in [4.69, 9.17) is 23.2 Å². The molecule has 26 heavy (non-hydrogen) atoms. The minimum atomic E-state index is -5.04. The lowest BCUT2D eigenvalue weighted by Gasteiger charge is -2.36. The number of fused-ring (bicyclic) bond motifs is 1. The quantitative estimate of drug-likeness (QED) is 0.502. The van der Waals surface area contributed by atoms with E-state index in [1.807, 2.05) is 0 Å². The highest BCUT2D eigenvalue weighted by atomic mass is 35.5. The number of nitrogens with one attached hydrogen (secondary N) is 1. The number of hydrogen-bond donors (Lipinski definition) is 2. The van der Waals surface area contributed by atoms with Crippen molar-refractivity contribution >= 4 is 34.1 Å². The van der Waals surface area contributed by atoms with E-state index in [1.54, 1.807) is 0 Å². The summed E-state index contributed by atoms with van der Waals surface area (Å²) in [5, 5.41) is 11.1. The fourth-order valence-corrected chi connectivity index (χ4v) is 3.69. The van der Waals surface area contributed by atoms with Crippen molar-refractivity contribution < 1.29 is 22.7 Å². The van der Waals surface area contributed by atoms with E-state index >= 15 is 0 Å². The van der Waals surface area contributed by atoms with E-state index in [2.05, 4.69) is 4.98 Å². The first-order valence-corrected chi connectivity index (χ1v) is 8.32. The third kappa shape index (κ3) is 2.96. The lowest BCUT2D eigenvalue weighted by Crippen LogP contribution is -2.46. The maximum absolute atomic E-state index is 14.0. The smallest absolute Gasteiger partial charge is 0.376 e. The van der Waals surface area contributed by atoms with Gasteiger partial charge in [-0.3, -0.25) is 0 Å². The molecular weight excluding hydrogens is 393 g/mol. The van der Waals surface area contributed by atoms with Crippen molar-refractivity contribution in [3.8, 4) is 0 Å². The molecule has 2 atom stereocenters. The minimum Gasteiger partial charge on any atom is -0.376 e. The molecule has 0 bridgehead atoms. The normalized spacial score (nSPS) is 15.8. The van der Waals surface area contributed by atoms with Gasteiger partial charge >= 0.3 is 6.18 Å². The standard InChI is InChI=1S/C18H13Cl2F4NO/c1-9(12-4-2-10(19)6-15(12)20)17(26,18(22,23)24)14-8-25-16-5-3-11(21)7-13(14)16/h2-9,25-26H,1H3. The summed E-state index contributed by atoms with van der Waals surface area (Å²) in [6, 6.07) is 7.42. The molecule has 0 spiro atoms. The van der Waals surface area contributed by atoms with Crippen molar-refractivity contribution in [3.63, 3.8) is 0 Å². The van der Waals surface area contributed by atoms with Gasteiger partial charge in [0, 0.05) is 38.6 Å². The zero-order chi connectivity index (χ0) is 19.3. The van der Waals surface area contributed by atoms with Crippen LogP contribution in [0.5, 0.6) is 0 Å². The highest BCUT2D eigenvalue weighted by Crippen LogP contribution is 2.51. The molecule has 2 aromatic carbocycles. The summed E-state index contributed by atoms with van der Waals surface area (Å²) in [7, 11) is 0. The molecule has 0 fully saturated rings. The van der Waals surface area contributed by atoms with Crippen molar-refractivity contribution in [3.05, 3.63) is 69.6 Å². The molecule has 0 aliphatic rings. The van der Waals surface area contributed by atoms with Crippen molar-refractivity contribution in [2.24, 2.45) is 0 Å². The number of alkyl halides is 3. The number of H-pyrrole nitrogens is 1. The second-order valence-electron chi connectivity index (χ2n) is 6.04. The fourth-order valence-electron chi connectivity index (χ4n) is 3.12. The average Bonchev–Trinajstić information content (AvgIpc) is 2.95. The van der Waals surface area contributed by atoms with Gasteiger partial charge in [0.15, 0.2) is 5.60 Å². The molecule has 3 aromatic rings. The monoisotopic (exact) mass is 405 g/mol. The van der Waals surface area contributed by atoms with Crippen LogP contribution in [0.3, 0.4) is 0 Å². The van der Waals surface area contributed by atoms with Gasteiger partial charge in [-0.2, -0.15) is 13.2 Å². The van der Waals surface area contributed by atoms with Crippen LogP contribution in [-0.2, 0) is 5.60 Å². The second-order valence-corrected chi connectivity index (χ2v) is 6.89. The Labute approximate surface area is 156 Å². The molecule has 2 nitrogen and oxygen atoms in total. The Morgan fingerprint density at radius 2 is 1.77 bits per heavy atom. The van der Waals surface area contributed by atoms with Crippen LogP contribution in [0.25, 0.3) is 10.9 Å². The van der Waals surface area contributed by atoms with Gasteiger partial charge in [-0.25, -0.2) is 4.39 Å². The third-order valence-electron chi connectivity index (χ3n) is 4.54. The SMILES string of the molecule is CC(c1ccc(Cl)cc1Cl)C(O)(c1c[nH]c2ccc(F)cc12)C(F)(F)F. The third-order valence-corrected chi connectivity index (χ3v) is 5.10. The lowest BCUT2D eigenvalue weighted by atomic mass is 9.77. The molecule has 2 unspecified atom stereocenters. The summed E-state index contributed by atoms with van der Waals surface area (Å²) < 4.78 is 55.6. The highest BCUT2D eigenvalue weighted by Gasteiger charge is 2.59. The average molecular weight is 406 g/mol. The van der Waals surface area contributed by atoms with E-state index in [0.29, 0.717) is 0 Å². The number of aromatic amines is 1. The van der Waals surface area contributed by atoms with E-state index in [-0.39, 0.29) is 26.5 Å². The molecule has 0 saturated carbocycles. The van der Waals surface area contributed by atoms with Crippen molar-refractivity contribution in [1.82, 2.24) is 4.98 Å². The maximum Gasteiger partial charge on any atom is 0.422 e. The van der Waals surface area contributed by atoms with Crippen LogP contribution < -0.4 is 0 Å². The number of rotatable bonds is 3. The second kappa shape index (κ2) is 6.44. The zero-order valence-electron chi connectivity index (χ0n) is 13.3. The molecule has 0 aliphatic carbocycles. The number of hydrogen-bond acceptors (Lipinski definition) is 1. The van der Waals surface area contributed by atoms with E-state index < -0.39 is 29.1 Å². The molecular formula is C18H13Cl2F4NO. The Balaban J connectivity index is 2.25. The Morgan fingerprint density at radius 1 is 1.08 bits per heavy atom. The number of aromatic nitrogens is 1. The molecule has 1 aromatic heterocycles. The van der Waals surface area contributed by atoms with Gasteiger partial charge in [0.2, 0.25) is 0 Å². The van der Waals surface area contributed by atoms with Gasteiger partial charge in [0.1, 0.15) is 5.82 Å². The predicted molar refractivity (Wildman–Crippen MR) is 93.1 cm³/mol. The molecule has 2 N–H and O–H groups in total. The Kier molecular flexibility index (Phi) is 4.71. The van der Waals surface area contributed by atoms with Gasteiger partial charge in [-0.1, -0.05) is 36.2 Å². The van der Waals surface area contributed by atoms with E-state index in [1.165, 1.54) is 31.2 Å². The first-order chi connectivity index (χ1) is 12.1. The summed E-state index contributed by atoms with van der Waals surface area (Å²) in [5.41, 5.74) is -3.42. The Hall–Kier alpha value is -1.76. The fraction of sp³-hybridized carbons (Fsp3) is 0.222. The largest absolute Gasteiger partial charge is 0.422 e. The zero-order valence-corrected chi connectivity index (χ0v) is 14.8. The molecule has 8 heteroatoms. The highest BCUT2D eigenvalue weighted by molar-refractivity contribution is 6.35. The Morgan fingerprint density at radius 3 is 2.38 bits per heavy atom. The topological polar surface area (TPSA) is 36.0 Å². The van der Waals surface area contributed by atoms with Crippen molar-refractivity contribution in [1.29, 1.82) is 0 Å². The maximum atomic E-state index is 14.0. The lowest BCUT2D eigenvalue weighted by molar-refractivity contribution is -0.274. The van der Waals surface area contributed by atoms with Crippen LogP contribution in [0.2, 0.25) is 10.0 Å². The molecule has 1 heterocycles. The number of benzene rings is 2. The van der Waals surface area contributed by atoms with Gasteiger partial charge in [0.05, 0.1) is 0 Å². The summed E-state index contributed by atoms with van der Waals surface area (Å²) in [6.45, 7) is 1.21. The molecule has 0 radical (unpaired) electrons. The Bertz CT molecular complexity index is 969. The van der Waals surface area contributed by atoms with Crippen molar-refractivity contribution in [2.75, 3.05) is 0 Å². The van der Waals surface area contributed by atoms with Crippen LogP contribution in [0.15, 0.2) is 42.6 Å². The summed E-state index contributed by atoms with van der Waals surface area (Å²) >= 11 is 11.9. The first-order valence-electron chi connectivity index (χ1n) is 7.57. The van der Waals surface area contributed by atoms with Crippen LogP contribution in [-0.4, -0.2) is 16.3 Å². The predicted octanol–water partition coefficient (Wildman–Crippen LogP) is 6.17. The van der Waals surface area contributed by atoms with E-state index in [0.717, 1.165) is 18.3 Å². The van der Waals surface area contributed by atoms with Gasteiger partial charge in [-0.15, -0.1) is 0 Å². The number of halogens is 6. The van der Waals surface area contributed by atoms with Crippen LogP contribution in [0.4, 0.5) is 17.6 Å². The molecule has 0 amide bonds. The molecule has 3 rings (SSSR count). The van der Waals surface area contributed by atoms with Gasteiger partial charge in [-0.05, 0) is 35.9 Å². The van der Waals surface area contributed by atoms with E-state index in [9.17, 15) is 22.7 Å². The molecule has 0 saturated heterocycles. The number of aliphatic hydroxyl groups is 1. The van der Waals surface area contributed by atoms with Gasteiger partial charge < -0.3 is 10.1 Å². The van der Waals surface area contributed by atoms with Crippen LogP contribution in [0, 0.1) is 5.82 Å². The van der Waals surface area contributed by atoms with Gasteiger partial charge in [0.25, 0.3) is 0 Å².